The summed E-state index contributed by atoms with van der Waals surface area (Å²) in [6.07, 6.45) is 13.3. The highest BCUT2D eigenvalue weighted by atomic mass is 32.1. The minimum absolute atomic E-state index is 0.566. The van der Waals surface area contributed by atoms with Crippen LogP contribution in [0.3, 0.4) is 0 Å². The number of hydrogen-bond acceptors (Lipinski definition) is 2. The fraction of sp³-hybridized carbons (Fsp3) is 0.292. The molecular formula is C24H25NS. The summed E-state index contributed by atoms with van der Waals surface area (Å²) in [7, 11) is 0. The highest BCUT2D eigenvalue weighted by Crippen LogP contribution is 2.37. The van der Waals surface area contributed by atoms with Gasteiger partial charge in [-0.25, -0.2) is 0 Å². The van der Waals surface area contributed by atoms with Gasteiger partial charge in [-0.3, -0.25) is 4.98 Å². The molecule has 0 aliphatic heterocycles. The van der Waals surface area contributed by atoms with Crippen molar-refractivity contribution < 1.29 is 0 Å². The zero-order valence-corrected chi connectivity index (χ0v) is 16.2. The molecule has 132 valence electrons. The SMILES string of the molecule is CC1C=CC=CCC(C(C)c2ccc3sc(-c4ccccn4)cc3c2)C1. The van der Waals surface area contributed by atoms with Gasteiger partial charge in [0, 0.05) is 10.9 Å². The van der Waals surface area contributed by atoms with Crippen molar-refractivity contribution in [2.45, 2.75) is 32.6 Å². The predicted octanol–water partition coefficient (Wildman–Crippen LogP) is 7.23. The molecule has 1 aliphatic carbocycles. The molecule has 0 radical (unpaired) electrons. The van der Waals surface area contributed by atoms with Gasteiger partial charge >= 0.3 is 0 Å². The van der Waals surface area contributed by atoms with Gasteiger partial charge < -0.3 is 0 Å². The summed E-state index contributed by atoms with van der Waals surface area (Å²) in [5.41, 5.74) is 2.52. The first-order valence-electron chi connectivity index (χ1n) is 9.49. The first-order valence-corrected chi connectivity index (χ1v) is 10.3. The van der Waals surface area contributed by atoms with Crippen LogP contribution in [0.1, 0.15) is 38.2 Å². The highest BCUT2D eigenvalue weighted by Gasteiger charge is 2.21. The van der Waals surface area contributed by atoms with Gasteiger partial charge in [0.1, 0.15) is 0 Å². The fourth-order valence-electron chi connectivity index (χ4n) is 3.90. The minimum Gasteiger partial charge on any atom is -0.255 e. The molecule has 1 aromatic carbocycles. The summed E-state index contributed by atoms with van der Waals surface area (Å²) in [6.45, 7) is 4.72. The zero-order valence-electron chi connectivity index (χ0n) is 15.4. The molecule has 4 rings (SSSR count). The van der Waals surface area contributed by atoms with E-state index in [0.717, 1.165) is 12.1 Å². The number of fused-ring (bicyclic) bond motifs is 1. The summed E-state index contributed by atoms with van der Waals surface area (Å²) in [5.74, 6) is 1.90. The summed E-state index contributed by atoms with van der Waals surface area (Å²) in [5, 5.41) is 1.34. The van der Waals surface area contributed by atoms with E-state index in [4.69, 9.17) is 0 Å². The van der Waals surface area contributed by atoms with Crippen molar-refractivity contribution in [3.63, 3.8) is 0 Å². The molecule has 0 bridgehead atoms. The second kappa shape index (κ2) is 7.59. The fourth-order valence-corrected chi connectivity index (χ4v) is 4.92. The monoisotopic (exact) mass is 359 g/mol. The molecule has 0 spiro atoms. The lowest BCUT2D eigenvalue weighted by atomic mass is 9.79. The van der Waals surface area contributed by atoms with Crippen molar-refractivity contribution in [3.8, 4) is 10.6 Å². The quantitative estimate of drug-likeness (QED) is 0.481. The molecule has 1 nitrogen and oxygen atoms in total. The summed E-state index contributed by atoms with van der Waals surface area (Å²) >= 11 is 1.83. The number of benzene rings is 1. The van der Waals surface area contributed by atoms with Crippen LogP contribution < -0.4 is 0 Å². The maximum Gasteiger partial charge on any atom is 0.0802 e. The van der Waals surface area contributed by atoms with Gasteiger partial charge in [-0.2, -0.15) is 0 Å². The van der Waals surface area contributed by atoms with Gasteiger partial charge in [0.2, 0.25) is 0 Å². The Morgan fingerprint density at radius 2 is 2.04 bits per heavy atom. The number of allylic oxidation sites excluding steroid dienone is 4. The van der Waals surface area contributed by atoms with Gasteiger partial charge in [0.15, 0.2) is 0 Å². The molecular weight excluding hydrogens is 334 g/mol. The Morgan fingerprint density at radius 1 is 1.12 bits per heavy atom. The Labute approximate surface area is 160 Å². The zero-order chi connectivity index (χ0) is 17.9. The largest absolute Gasteiger partial charge is 0.255 e. The lowest BCUT2D eigenvalue weighted by molar-refractivity contribution is 0.378. The minimum atomic E-state index is 0.566. The van der Waals surface area contributed by atoms with Crippen LogP contribution >= 0.6 is 11.3 Å². The van der Waals surface area contributed by atoms with Crippen molar-refractivity contribution >= 4 is 21.4 Å². The Balaban J connectivity index is 1.62. The lowest BCUT2D eigenvalue weighted by Crippen LogP contribution is -2.13. The third-order valence-electron chi connectivity index (χ3n) is 5.49. The van der Waals surface area contributed by atoms with E-state index in [1.165, 1.54) is 26.9 Å². The third-order valence-corrected chi connectivity index (χ3v) is 6.63. The molecule has 2 aromatic heterocycles. The average Bonchev–Trinajstić information content (AvgIpc) is 3.08. The van der Waals surface area contributed by atoms with E-state index in [-0.39, 0.29) is 0 Å². The highest BCUT2D eigenvalue weighted by molar-refractivity contribution is 7.22. The van der Waals surface area contributed by atoms with Crippen LogP contribution in [-0.4, -0.2) is 4.98 Å². The molecule has 0 saturated carbocycles. The van der Waals surface area contributed by atoms with Gasteiger partial charge in [0.05, 0.1) is 10.6 Å². The topological polar surface area (TPSA) is 12.9 Å². The van der Waals surface area contributed by atoms with E-state index >= 15 is 0 Å². The molecule has 26 heavy (non-hydrogen) atoms. The maximum absolute atomic E-state index is 4.50. The molecule has 0 saturated heterocycles. The van der Waals surface area contributed by atoms with Crippen molar-refractivity contribution in [1.82, 2.24) is 4.98 Å². The van der Waals surface area contributed by atoms with Crippen LogP contribution in [0.4, 0.5) is 0 Å². The molecule has 2 heterocycles. The van der Waals surface area contributed by atoms with E-state index in [0.29, 0.717) is 17.8 Å². The number of aromatic nitrogens is 1. The Bertz CT molecular complexity index is 935. The van der Waals surface area contributed by atoms with E-state index in [2.05, 4.69) is 79.5 Å². The first-order chi connectivity index (χ1) is 12.7. The summed E-state index contributed by atoms with van der Waals surface area (Å²) in [4.78, 5) is 5.75. The van der Waals surface area contributed by atoms with Crippen molar-refractivity contribution in [2.75, 3.05) is 0 Å². The van der Waals surface area contributed by atoms with Gasteiger partial charge in [0.25, 0.3) is 0 Å². The van der Waals surface area contributed by atoms with Gasteiger partial charge in [-0.15, -0.1) is 11.3 Å². The molecule has 2 heteroatoms. The van der Waals surface area contributed by atoms with E-state index in [1.54, 1.807) is 0 Å². The van der Waals surface area contributed by atoms with Gasteiger partial charge in [-0.05, 0) is 65.8 Å². The molecule has 3 aromatic rings. The molecule has 0 amide bonds. The van der Waals surface area contributed by atoms with Crippen LogP contribution in [0.5, 0.6) is 0 Å². The standard InChI is InChI=1S/C24H25NS/c1-17-8-4-3-5-9-19(14-17)18(2)20-11-12-23-21(15-20)16-24(26-23)22-10-6-7-13-25-22/h3-8,10-13,15-19H,9,14H2,1-2H3. The van der Waals surface area contributed by atoms with Crippen LogP contribution in [0, 0.1) is 11.8 Å². The van der Waals surface area contributed by atoms with E-state index in [1.807, 2.05) is 23.6 Å². The van der Waals surface area contributed by atoms with E-state index in [9.17, 15) is 0 Å². The first kappa shape index (κ1) is 17.2. The average molecular weight is 360 g/mol. The Kier molecular flexibility index (Phi) is 5.03. The van der Waals surface area contributed by atoms with Crippen LogP contribution in [-0.2, 0) is 0 Å². The predicted molar refractivity (Wildman–Crippen MR) is 114 cm³/mol. The number of rotatable bonds is 3. The molecule has 0 N–H and O–H groups in total. The molecule has 0 fully saturated rings. The van der Waals surface area contributed by atoms with Gasteiger partial charge in [-0.1, -0.05) is 56.4 Å². The number of hydrogen-bond donors (Lipinski definition) is 0. The number of nitrogens with zero attached hydrogens (tertiary/aromatic N) is 1. The molecule has 1 aliphatic rings. The molecule has 3 atom stereocenters. The van der Waals surface area contributed by atoms with Crippen LogP contribution in [0.2, 0.25) is 0 Å². The molecule has 3 unspecified atom stereocenters. The second-order valence-corrected chi connectivity index (χ2v) is 8.52. The smallest absolute Gasteiger partial charge is 0.0802 e. The Morgan fingerprint density at radius 3 is 2.88 bits per heavy atom. The van der Waals surface area contributed by atoms with Crippen molar-refractivity contribution in [3.05, 3.63) is 78.5 Å². The van der Waals surface area contributed by atoms with E-state index < -0.39 is 0 Å². The van der Waals surface area contributed by atoms with Crippen molar-refractivity contribution in [1.29, 1.82) is 0 Å². The number of thiophene rings is 1. The van der Waals surface area contributed by atoms with Crippen LogP contribution in [0.15, 0.2) is 73.0 Å². The Hall–Kier alpha value is -2.19. The van der Waals surface area contributed by atoms with Crippen molar-refractivity contribution in [2.24, 2.45) is 11.8 Å². The van der Waals surface area contributed by atoms with Crippen LogP contribution in [0.25, 0.3) is 20.7 Å². The number of pyridine rings is 1. The normalized spacial score (nSPS) is 21.5. The lowest BCUT2D eigenvalue weighted by Gasteiger charge is -2.26. The second-order valence-electron chi connectivity index (χ2n) is 7.43. The maximum atomic E-state index is 4.50. The summed E-state index contributed by atoms with van der Waals surface area (Å²) in [6, 6.07) is 15.4. The summed E-state index contributed by atoms with van der Waals surface area (Å²) < 4.78 is 1.34. The third kappa shape index (κ3) is 3.66.